The highest BCUT2D eigenvalue weighted by Gasteiger charge is 2.17. The highest BCUT2D eigenvalue weighted by Crippen LogP contribution is 2.24. The van der Waals surface area contributed by atoms with Gasteiger partial charge in [-0.05, 0) is 67.6 Å². The molecule has 132 valence electrons. The molecule has 26 heavy (non-hydrogen) atoms. The Morgan fingerprint density at radius 1 is 0.731 bits per heavy atom. The van der Waals surface area contributed by atoms with Gasteiger partial charge in [0.15, 0.2) is 6.10 Å². The zero-order chi connectivity index (χ0) is 18.4. The lowest BCUT2D eigenvalue weighted by Crippen LogP contribution is -2.23. The van der Waals surface area contributed by atoms with Gasteiger partial charge in [0, 0.05) is 5.56 Å². The number of rotatable bonds is 7. The van der Waals surface area contributed by atoms with E-state index in [1.165, 1.54) is 0 Å². The number of methoxy groups -OCH3 is 1. The first-order valence-corrected chi connectivity index (χ1v) is 8.33. The molecule has 0 bridgehead atoms. The molecule has 0 aliphatic carbocycles. The van der Waals surface area contributed by atoms with Crippen LogP contribution in [0.5, 0.6) is 23.0 Å². The van der Waals surface area contributed by atoms with Crippen LogP contribution >= 0.6 is 0 Å². The minimum atomic E-state index is -0.593. The molecular weight excluding hydrogens is 328 g/mol. The molecule has 4 nitrogen and oxygen atoms in total. The van der Waals surface area contributed by atoms with Gasteiger partial charge < -0.3 is 14.2 Å². The molecule has 3 aromatic rings. The number of para-hydroxylation sites is 1. The van der Waals surface area contributed by atoms with Gasteiger partial charge in [0.2, 0.25) is 5.78 Å². The Morgan fingerprint density at radius 2 is 1.27 bits per heavy atom. The van der Waals surface area contributed by atoms with E-state index in [-0.39, 0.29) is 5.78 Å². The average molecular weight is 348 g/mol. The summed E-state index contributed by atoms with van der Waals surface area (Å²) in [6.45, 7) is 1.74. The molecular formula is C22H20O4. The molecule has 4 heteroatoms. The average Bonchev–Trinajstić information content (AvgIpc) is 2.70. The highest BCUT2D eigenvalue weighted by atomic mass is 16.5. The van der Waals surface area contributed by atoms with Crippen LogP contribution in [0.15, 0.2) is 78.9 Å². The molecule has 0 saturated heterocycles. The van der Waals surface area contributed by atoms with Crippen LogP contribution in [-0.2, 0) is 0 Å². The van der Waals surface area contributed by atoms with Gasteiger partial charge in [-0.3, -0.25) is 4.79 Å². The minimum absolute atomic E-state index is 0.0859. The number of carbonyl (C=O) groups is 1. The summed E-state index contributed by atoms with van der Waals surface area (Å²) in [5.74, 6) is 2.71. The summed E-state index contributed by atoms with van der Waals surface area (Å²) in [5, 5.41) is 0. The van der Waals surface area contributed by atoms with Crippen molar-refractivity contribution >= 4 is 5.78 Å². The molecule has 0 aromatic heterocycles. The Hall–Kier alpha value is -3.27. The lowest BCUT2D eigenvalue weighted by molar-refractivity contribution is 0.0818. The minimum Gasteiger partial charge on any atom is -0.497 e. The maximum Gasteiger partial charge on any atom is 0.202 e. The van der Waals surface area contributed by atoms with E-state index in [0.717, 1.165) is 5.75 Å². The number of Topliss-reactive ketones (excluding diaryl/α,β-unsaturated/α-hetero) is 1. The number of benzene rings is 3. The van der Waals surface area contributed by atoms with Gasteiger partial charge in [0.05, 0.1) is 7.11 Å². The van der Waals surface area contributed by atoms with Crippen molar-refractivity contribution in [3.05, 3.63) is 84.4 Å². The van der Waals surface area contributed by atoms with Crippen LogP contribution in [0.2, 0.25) is 0 Å². The summed E-state index contributed by atoms with van der Waals surface area (Å²) in [7, 11) is 1.59. The number of hydrogen-bond donors (Lipinski definition) is 0. The third kappa shape index (κ3) is 4.42. The van der Waals surface area contributed by atoms with E-state index >= 15 is 0 Å². The molecule has 3 aromatic carbocycles. The van der Waals surface area contributed by atoms with Crippen LogP contribution in [-0.4, -0.2) is 19.0 Å². The summed E-state index contributed by atoms with van der Waals surface area (Å²) >= 11 is 0. The van der Waals surface area contributed by atoms with Crippen molar-refractivity contribution in [2.24, 2.45) is 0 Å². The Bertz CT molecular complexity index is 840. The standard InChI is InChI=1S/C22H20O4/c1-16(22(23)17-8-10-18(24-2)11-9-17)25-20-12-14-21(15-13-20)26-19-6-4-3-5-7-19/h3-16H,1-2H3. The molecule has 0 aliphatic rings. The quantitative estimate of drug-likeness (QED) is 0.555. The van der Waals surface area contributed by atoms with Crippen molar-refractivity contribution in [3.8, 4) is 23.0 Å². The van der Waals surface area contributed by atoms with Crippen molar-refractivity contribution in [1.82, 2.24) is 0 Å². The molecule has 0 saturated carbocycles. The van der Waals surface area contributed by atoms with Gasteiger partial charge >= 0.3 is 0 Å². The topological polar surface area (TPSA) is 44.8 Å². The van der Waals surface area contributed by atoms with Crippen LogP contribution in [0.4, 0.5) is 0 Å². The first kappa shape index (κ1) is 17.5. The van der Waals surface area contributed by atoms with Gasteiger partial charge in [-0.25, -0.2) is 0 Å². The van der Waals surface area contributed by atoms with E-state index < -0.39 is 6.10 Å². The fraction of sp³-hybridized carbons (Fsp3) is 0.136. The van der Waals surface area contributed by atoms with E-state index in [1.54, 1.807) is 50.4 Å². The Morgan fingerprint density at radius 3 is 1.88 bits per heavy atom. The molecule has 0 amide bonds. The summed E-state index contributed by atoms with van der Waals surface area (Å²) in [6.07, 6.45) is -0.593. The van der Waals surface area contributed by atoms with Crippen LogP contribution < -0.4 is 14.2 Å². The van der Waals surface area contributed by atoms with Crippen molar-refractivity contribution in [3.63, 3.8) is 0 Å². The van der Waals surface area contributed by atoms with Gasteiger partial charge in [-0.2, -0.15) is 0 Å². The number of carbonyl (C=O) groups excluding carboxylic acids is 1. The normalized spacial score (nSPS) is 11.5. The molecule has 0 spiro atoms. The lowest BCUT2D eigenvalue weighted by atomic mass is 10.1. The summed E-state index contributed by atoms with van der Waals surface area (Å²) in [5.41, 5.74) is 0.585. The van der Waals surface area contributed by atoms with Crippen molar-refractivity contribution < 1.29 is 19.0 Å². The predicted octanol–water partition coefficient (Wildman–Crippen LogP) is 5.14. The zero-order valence-corrected chi connectivity index (χ0v) is 14.7. The van der Waals surface area contributed by atoms with Crippen molar-refractivity contribution in [2.75, 3.05) is 7.11 Å². The highest BCUT2D eigenvalue weighted by molar-refractivity contribution is 5.99. The first-order chi connectivity index (χ1) is 12.7. The lowest BCUT2D eigenvalue weighted by Gasteiger charge is -2.14. The van der Waals surface area contributed by atoms with Gasteiger partial charge in [0.25, 0.3) is 0 Å². The Balaban J connectivity index is 1.61. The molecule has 0 N–H and O–H groups in total. The molecule has 1 unspecified atom stereocenters. The van der Waals surface area contributed by atoms with Crippen LogP contribution in [0.3, 0.4) is 0 Å². The molecule has 0 fully saturated rings. The fourth-order valence-corrected chi connectivity index (χ4v) is 2.46. The van der Waals surface area contributed by atoms with Crippen molar-refractivity contribution in [1.29, 1.82) is 0 Å². The maximum absolute atomic E-state index is 12.5. The second kappa shape index (κ2) is 8.21. The molecule has 0 heterocycles. The molecule has 0 radical (unpaired) electrons. The van der Waals surface area contributed by atoms with E-state index in [2.05, 4.69) is 0 Å². The Labute approximate surface area is 153 Å². The monoisotopic (exact) mass is 348 g/mol. The molecule has 3 rings (SSSR count). The predicted molar refractivity (Wildman–Crippen MR) is 100 cm³/mol. The molecule has 1 atom stereocenters. The van der Waals surface area contributed by atoms with Crippen LogP contribution in [0.1, 0.15) is 17.3 Å². The van der Waals surface area contributed by atoms with Crippen molar-refractivity contribution in [2.45, 2.75) is 13.0 Å². The summed E-state index contributed by atoms with van der Waals surface area (Å²) < 4.78 is 16.6. The number of ether oxygens (including phenoxy) is 3. The summed E-state index contributed by atoms with van der Waals surface area (Å²) in [4.78, 5) is 12.5. The molecule has 0 aliphatic heterocycles. The first-order valence-electron chi connectivity index (χ1n) is 8.33. The maximum atomic E-state index is 12.5. The van der Waals surface area contributed by atoms with E-state index in [1.807, 2.05) is 42.5 Å². The number of ketones is 1. The summed E-state index contributed by atoms with van der Waals surface area (Å²) in [6, 6.07) is 23.7. The largest absolute Gasteiger partial charge is 0.497 e. The van der Waals surface area contributed by atoms with Crippen LogP contribution in [0, 0.1) is 0 Å². The van der Waals surface area contributed by atoms with E-state index in [9.17, 15) is 4.79 Å². The third-order valence-electron chi connectivity index (χ3n) is 3.86. The number of hydrogen-bond acceptors (Lipinski definition) is 4. The zero-order valence-electron chi connectivity index (χ0n) is 14.7. The smallest absolute Gasteiger partial charge is 0.202 e. The third-order valence-corrected chi connectivity index (χ3v) is 3.86. The van der Waals surface area contributed by atoms with Crippen LogP contribution in [0.25, 0.3) is 0 Å². The van der Waals surface area contributed by atoms with E-state index in [0.29, 0.717) is 22.8 Å². The van der Waals surface area contributed by atoms with Gasteiger partial charge in [-0.1, -0.05) is 18.2 Å². The van der Waals surface area contributed by atoms with E-state index in [4.69, 9.17) is 14.2 Å². The SMILES string of the molecule is COc1ccc(C(=O)C(C)Oc2ccc(Oc3ccccc3)cc2)cc1. The second-order valence-corrected chi connectivity index (χ2v) is 5.74. The van der Waals surface area contributed by atoms with Gasteiger partial charge in [0.1, 0.15) is 23.0 Å². The van der Waals surface area contributed by atoms with Gasteiger partial charge in [-0.15, -0.1) is 0 Å². The Kier molecular flexibility index (Phi) is 5.54. The second-order valence-electron chi connectivity index (χ2n) is 5.74. The fourth-order valence-electron chi connectivity index (χ4n) is 2.46.